The zero-order chi connectivity index (χ0) is 23.3. The van der Waals surface area contributed by atoms with Gasteiger partial charge in [0.15, 0.2) is 0 Å². The number of hydrogen-bond donors (Lipinski definition) is 1. The van der Waals surface area contributed by atoms with E-state index in [1.807, 2.05) is 0 Å². The molecule has 0 saturated heterocycles. The van der Waals surface area contributed by atoms with Gasteiger partial charge in [-0.15, -0.1) is 0 Å². The highest BCUT2D eigenvalue weighted by Crippen LogP contribution is 2.54. The molecule has 3 nitrogen and oxygen atoms in total. The number of benzene rings is 1. The van der Waals surface area contributed by atoms with Gasteiger partial charge in [0, 0.05) is 18.5 Å². The van der Waals surface area contributed by atoms with E-state index in [9.17, 15) is 47.9 Å². The van der Waals surface area contributed by atoms with Crippen LogP contribution in [0.25, 0.3) is 0 Å². The Kier molecular flexibility index (Phi) is 8.23. The molecule has 0 radical (unpaired) electrons. The monoisotopic (exact) mass is 469 g/mol. The maximum atomic E-state index is 13.4. The molecule has 30 heavy (non-hydrogen) atoms. The Morgan fingerprint density at radius 1 is 0.800 bits per heavy atom. The minimum atomic E-state index is -7.27. The van der Waals surface area contributed by atoms with Crippen molar-refractivity contribution in [1.29, 1.82) is 0 Å². The summed E-state index contributed by atoms with van der Waals surface area (Å²) in [5, 5.41) is -6.71. The minimum absolute atomic E-state index is 0.163. The lowest BCUT2D eigenvalue weighted by Crippen LogP contribution is -2.64. The van der Waals surface area contributed by atoms with Gasteiger partial charge >= 0.3 is 23.3 Å². The Morgan fingerprint density at radius 2 is 1.37 bits per heavy atom. The van der Waals surface area contributed by atoms with Crippen molar-refractivity contribution >= 4 is 10.0 Å². The Bertz CT molecular complexity index is 857. The van der Waals surface area contributed by atoms with E-state index in [2.05, 4.69) is 11.8 Å². The Morgan fingerprint density at radius 3 is 1.90 bits per heavy atom. The third kappa shape index (κ3) is 5.60. The summed E-state index contributed by atoms with van der Waals surface area (Å²) in [7, 11) is -6.54. The van der Waals surface area contributed by atoms with Crippen LogP contribution in [0.2, 0.25) is 0 Å². The normalized spacial score (nSPS) is 13.6. The number of alkyl halides is 9. The molecule has 1 rings (SSSR count). The van der Waals surface area contributed by atoms with E-state index in [1.54, 1.807) is 30.3 Å². The van der Waals surface area contributed by atoms with E-state index < -0.39 is 39.8 Å². The van der Waals surface area contributed by atoms with E-state index >= 15 is 0 Å². The van der Waals surface area contributed by atoms with Gasteiger partial charge in [-0.05, 0) is 25.0 Å². The van der Waals surface area contributed by atoms with Gasteiger partial charge in [-0.2, -0.15) is 39.5 Å². The van der Waals surface area contributed by atoms with Crippen LogP contribution in [-0.2, 0) is 10.0 Å². The van der Waals surface area contributed by atoms with Crippen LogP contribution in [0.5, 0.6) is 0 Å². The Hall–Kier alpha value is -1.94. The maximum absolute atomic E-state index is 13.4. The van der Waals surface area contributed by atoms with Crippen molar-refractivity contribution in [2.45, 2.75) is 49.0 Å². The first-order chi connectivity index (χ1) is 13.6. The fourth-order valence-corrected chi connectivity index (χ4v) is 3.09. The van der Waals surface area contributed by atoms with Crippen LogP contribution in [0.3, 0.4) is 0 Å². The summed E-state index contributed by atoms with van der Waals surface area (Å²) in [6, 6.07) is 8.82. The molecule has 13 heteroatoms. The number of halogens is 9. The van der Waals surface area contributed by atoms with Crippen LogP contribution in [0.4, 0.5) is 39.5 Å². The summed E-state index contributed by atoms with van der Waals surface area (Å²) in [6.07, 6.45) is -6.33. The number of unbranched alkanes of at least 4 members (excludes halogenated alkanes) is 3. The molecule has 1 N–H and O–H groups in total. The molecule has 0 spiro atoms. The van der Waals surface area contributed by atoms with Gasteiger partial charge in [0.2, 0.25) is 0 Å². The quantitative estimate of drug-likeness (QED) is 0.316. The lowest BCUT2D eigenvalue weighted by Gasteiger charge is -2.33. The molecule has 0 amide bonds. The number of rotatable bonds is 9. The molecule has 0 fully saturated rings. The topological polar surface area (TPSA) is 46.2 Å². The fourth-order valence-electron chi connectivity index (χ4n) is 2.03. The Labute approximate surface area is 166 Å². The van der Waals surface area contributed by atoms with Crippen LogP contribution in [0.1, 0.15) is 31.2 Å². The molecule has 0 aliphatic rings. The predicted molar refractivity (Wildman–Crippen MR) is 89.6 cm³/mol. The highest BCUT2D eigenvalue weighted by atomic mass is 32.2. The van der Waals surface area contributed by atoms with Crippen LogP contribution in [-0.4, -0.2) is 38.2 Å². The molecule has 170 valence electrons. The van der Waals surface area contributed by atoms with Gasteiger partial charge < -0.3 is 0 Å². The van der Waals surface area contributed by atoms with E-state index in [0.29, 0.717) is 12.8 Å². The van der Waals surface area contributed by atoms with E-state index in [4.69, 9.17) is 0 Å². The highest BCUT2D eigenvalue weighted by molar-refractivity contribution is 7.90. The molecule has 0 bridgehead atoms. The van der Waals surface area contributed by atoms with E-state index in [-0.39, 0.29) is 12.8 Å². The van der Waals surface area contributed by atoms with Gasteiger partial charge in [-0.3, -0.25) is 0 Å². The standard InChI is InChI=1S/C17H16F9NO2S/c18-14(19,16(22,23)24)15(20,21)17(25,26)30(28,29)27-12-8-3-1-2-5-9-13-10-6-4-7-11-13/h4,6-7,10-11,27H,1-3,8,12H2. The van der Waals surface area contributed by atoms with Crippen molar-refractivity contribution in [3.8, 4) is 11.8 Å². The average molecular weight is 469 g/mol. The molecule has 1 aromatic rings. The zero-order valence-corrected chi connectivity index (χ0v) is 15.9. The SMILES string of the molecule is O=S(=O)(NCCCCCC#Cc1ccccc1)C(F)(F)C(F)(F)C(F)(F)C(F)(F)F. The summed E-state index contributed by atoms with van der Waals surface area (Å²) < 4.78 is 138. The molecule has 1 aromatic carbocycles. The van der Waals surface area contributed by atoms with Gasteiger partial charge in [-0.1, -0.05) is 36.5 Å². The summed E-state index contributed by atoms with van der Waals surface area (Å²) in [5.41, 5.74) is 0.740. The van der Waals surface area contributed by atoms with Gasteiger partial charge in [0.05, 0.1) is 0 Å². The van der Waals surface area contributed by atoms with Crippen LogP contribution >= 0.6 is 0 Å². The maximum Gasteiger partial charge on any atom is 0.460 e. The van der Waals surface area contributed by atoms with Crippen LogP contribution in [0.15, 0.2) is 30.3 Å². The predicted octanol–water partition coefficient (Wildman–Crippen LogP) is 4.94. The minimum Gasteiger partial charge on any atom is -0.210 e. The molecule has 0 atom stereocenters. The number of hydrogen-bond acceptors (Lipinski definition) is 2. The molecule has 0 aliphatic heterocycles. The second kappa shape index (κ2) is 9.47. The highest BCUT2D eigenvalue weighted by Gasteiger charge is 2.85. The smallest absolute Gasteiger partial charge is 0.210 e. The van der Waals surface area contributed by atoms with Crippen molar-refractivity contribution < 1.29 is 47.9 Å². The van der Waals surface area contributed by atoms with E-state index in [0.717, 1.165) is 10.3 Å². The molecule has 0 unspecified atom stereocenters. The molecule has 0 aromatic heterocycles. The second-order valence-corrected chi connectivity index (χ2v) is 7.85. The third-order valence-electron chi connectivity index (χ3n) is 3.73. The van der Waals surface area contributed by atoms with Gasteiger partial charge in [0.25, 0.3) is 10.0 Å². The molecular formula is C17H16F9NO2S. The average Bonchev–Trinajstić information content (AvgIpc) is 2.63. The Balaban J connectivity index is 2.59. The molecule has 0 aliphatic carbocycles. The van der Waals surface area contributed by atoms with Crippen molar-refractivity contribution in [2.75, 3.05) is 6.54 Å². The van der Waals surface area contributed by atoms with Gasteiger partial charge in [0.1, 0.15) is 0 Å². The van der Waals surface area contributed by atoms with Gasteiger partial charge in [-0.25, -0.2) is 13.1 Å². The largest absolute Gasteiger partial charge is 0.460 e. The van der Waals surface area contributed by atoms with Crippen molar-refractivity contribution in [1.82, 2.24) is 4.72 Å². The lowest BCUT2D eigenvalue weighted by atomic mass is 10.1. The lowest BCUT2D eigenvalue weighted by molar-refractivity contribution is -0.382. The summed E-state index contributed by atoms with van der Waals surface area (Å²) in [6.45, 7) is -0.863. The first-order valence-corrected chi connectivity index (χ1v) is 9.79. The molecular weight excluding hydrogens is 453 g/mol. The number of sulfonamides is 1. The molecule has 0 heterocycles. The van der Waals surface area contributed by atoms with Crippen molar-refractivity contribution in [3.05, 3.63) is 35.9 Å². The fraction of sp³-hybridized carbons (Fsp3) is 0.529. The summed E-state index contributed by atoms with van der Waals surface area (Å²) >= 11 is 0. The third-order valence-corrected chi connectivity index (χ3v) is 5.25. The first-order valence-electron chi connectivity index (χ1n) is 8.31. The van der Waals surface area contributed by atoms with Crippen molar-refractivity contribution in [2.24, 2.45) is 0 Å². The molecule has 0 saturated carbocycles. The first kappa shape index (κ1) is 26.1. The van der Waals surface area contributed by atoms with Crippen molar-refractivity contribution in [3.63, 3.8) is 0 Å². The summed E-state index contributed by atoms with van der Waals surface area (Å²) in [4.78, 5) is 0. The van der Waals surface area contributed by atoms with E-state index in [1.165, 1.54) is 0 Å². The second-order valence-electron chi connectivity index (χ2n) is 6.04. The van der Waals surface area contributed by atoms with Crippen LogP contribution < -0.4 is 4.72 Å². The summed E-state index contributed by atoms with van der Waals surface area (Å²) in [5.74, 6) is -8.89. The zero-order valence-electron chi connectivity index (χ0n) is 15.0. The number of nitrogens with one attached hydrogen (secondary N) is 1. The van der Waals surface area contributed by atoms with Crippen LogP contribution in [0, 0.1) is 11.8 Å².